The Bertz CT molecular complexity index is 1410. The molecule has 4 rings (SSSR count). The quantitative estimate of drug-likeness (QED) is 0.311. The zero-order valence-electron chi connectivity index (χ0n) is 24.2. The molecule has 224 valence electrons. The minimum absolute atomic E-state index is 0.0481. The first kappa shape index (κ1) is 31.5. The van der Waals surface area contributed by atoms with Crippen LogP contribution in [0.25, 0.3) is 0 Å². The average Bonchev–Trinajstić information content (AvgIpc) is 2.99. The fourth-order valence-electron chi connectivity index (χ4n) is 5.20. The Labute approximate surface area is 254 Å². The van der Waals surface area contributed by atoms with Crippen LogP contribution in [0, 0.1) is 0 Å². The Morgan fingerprint density at radius 3 is 2.05 bits per heavy atom. The summed E-state index contributed by atoms with van der Waals surface area (Å²) in [6.07, 6.45) is 5.34. The van der Waals surface area contributed by atoms with Crippen LogP contribution in [0.1, 0.15) is 43.2 Å². The van der Waals surface area contributed by atoms with Gasteiger partial charge in [0.15, 0.2) is 0 Å². The molecular formula is C32H39ClN4O4S. The van der Waals surface area contributed by atoms with Gasteiger partial charge >= 0.3 is 10.2 Å². The second-order valence-electron chi connectivity index (χ2n) is 10.8. The van der Waals surface area contributed by atoms with E-state index in [0.717, 1.165) is 51.8 Å². The van der Waals surface area contributed by atoms with Crippen LogP contribution in [0.5, 0.6) is 0 Å². The van der Waals surface area contributed by atoms with Crippen LogP contribution in [0.3, 0.4) is 0 Å². The fourth-order valence-corrected chi connectivity index (χ4v) is 6.38. The summed E-state index contributed by atoms with van der Waals surface area (Å²) in [5.74, 6) is -0.728. The second-order valence-corrected chi connectivity index (χ2v) is 13.3. The van der Waals surface area contributed by atoms with E-state index in [0.29, 0.717) is 10.7 Å². The van der Waals surface area contributed by atoms with Gasteiger partial charge in [0.2, 0.25) is 11.8 Å². The third kappa shape index (κ3) is 8.33. The van der Waals surface area contributed by atoms with Crippen LogP contribution in [-0.2, 0) is 32.8 Å². The van der Waals surface area contributed by atoms with Crippen molar-refractivity contribution < 1.29 is 18.0 Å². The van der Waals surface area contributed by atoms with Gasteiger partial charge in [-0.1, -0.05) is 91.5 Å². The first-order valence-corrected chi connectivity index (χ1v) is 16.1. The lowest BCUT2D eigenvalue weighted by Gasteiger charge is -2.35. The first-order chi connectivity index (χ1) is 20.1. The molecule has 0 saturated heterocycles. The van der Waals surface area contributed by atoms with Crippen molar-refractivity contribution in [3.8, 4) is 0 Å². The summed E-state index contributed by atoms with van der Waals surface area (Å²) in [6.45, 7) is -0.365. The van der Waals surface area contributed by atoms with E-state index >= 15 is 0 Å². The maximum atomic E-state index is 14.3. The number of anilines is 1. The standard InChI is InChI=1S/C32H39ClN4O4S/c1-35(2)42(40,41)37(29-16-10-5-11-17-29)24-31(38)36(23-26-18-20-27(33)21-19-26)30(22-25-12-6-3-7-13-25)32(39)34-28-14-8-4-9-15-28/h3,5-7,10-13,16-21,28,30H,4,8-9,14-15,22-24H2,1-2H3,(H,34,39)/t30-/m0/s1. The Kier molecular flexibility index (Phi) is 11.0. The van der Waals surface area contributed by atoms with Gasteiger partial charge in [0.05, 0.1) is 5.69 Å². The third-order valence-electron chi connectivity index (χ3n) is 7.55. The molecule has 0 bridgehead atoms. The molecule has 0 aromatic heterocycles. The minimum atomic E-state index is -4.03. The molecule has 0 unspecified atom stereocenters. The van der Waals surface area contributed by atoms with Crippen molar-refractivity contribution >= 4 is 39.3 Å². The Hall–Kier alpha value is -3.40. The van der Waals surface area contributed by atoms with Gasteiger partial charge in [0.25, 0.3) is 0 Å². The predicted molar refractivity (Wildman–Crippen MR) is 167 cm³/mol. The van der Waals surface area contributed by atoms with E-state index in [2.05, 4.69) is 5.32 Å². The van der Waals surface area contributed by atoms with Crippen LogP contribution in [0.4, 0.5) is 5.69 Å². The van der Waals surface area contributed by atoms with Crippen molar-refractivity contribution in [3.05, 3.63) is 101 Å². The number of nitrogens with one attached hydrogen (secondary N) is 1. The van der Waals surface area contributed by atoms with Gasteiger partial charge in [-0.3, -0.25) is 9.59 Å². The van der Waals surface area contributed by atoms with Gasteiger partial charge in [0.1, 0.15) is 12.6 Å². The van der Waals surface area contributed by atoms with E-state index in [9.17, 15) is 18.0 Å². The number of carbonyl (C=O) groups is 2. The molecule has 0 radical (unpaired) electrons. The Morgan fingerprint density at radius 1 is 0.857 bits per heavy atom. The van der Waals surface area contributed by atoms with Crippen LogP contribution >= 0.6 is 11.6 Å². The van der Waals surface area contributed by atoms with E-state index in [4.69, 9.17) is 11.6 Å². The van der Waals surface area contributed by atoms with Crippen molar-refractivity contribution in [2.75, 3.05) is 24.9 Å². The highest BCUT2D eigenvalue weighted by atomic mass is 35.5. The van der Waals surface area contributed by atoms with E-state index in [1.165, 1.54) is 19.0 Å². The molecule has 42 heavy (non-hydrogen) atoms. The summed E-state index contributed by atoms with van der Waals surface area (Å²) in [4.78, 5) is 29.8. The molecule has 0 aliphatic heterocycles. The average molecular weight is 611 g/mol. The largest absolute Gasteiger partial charge is 0.352 e. The predicted octanol–water partition coefficient (Wildman–Crippen LogP) is 5.04. The number of halogens is 1. The van der Waals surface area contributed by atoms with E-state index in [1.807, 2.05) is 42.5 Å². The van der Waals surface area contributed by atoms with E-state index in [1.54, 1.807) is 42.5 Å². The molecule has 8 nitrogen and oxygen atoms in total. The van der Waals surface area contributed by atoms with Gasteiger partial charge in [-0.15, -0.1) is 0 Å². The van der Waals surface area contributed by atoms with Gasteiger partial charge in [-0.05, 0) is 48.2 Å². The lowest BCUT2D eigenvalue weighted by Crippen LogP contribution is -2.55. The molecule has 10 heteroatoms. The minimum Gasteiger partial charge on any atom is -0.352 e. The number of rotatable bonds is 12. The molecule has 1 aliphatic rings. The molecular weight excluding hydrogens is 572 g/mol. The number of amides is 2. The molecule has 0 spiro atoms. The highest BCUT2D eigenvalue weighted by molar-refractivity contribution is 7.90. The van der Waals surface area contributed by atoms with Crippen LogP contribution in [0.2, 0.25) is 5.02 Å². The van der Waals surface area contributed by atoms with Crippen LogP contribution in [-0.4, -0.2) is 62.2 Å². The third-order valence-corrected chi connectivity index (χ3v) is 9.62. The lowest BCUT2D eigenvalue weighted by atomic mass is 9.94. The maximum absolute atomic E-state index is 14.3. The summed E-state index contributed by atoms with van der Waals surface area (Å²) < 4.78 is 29.0. The van der Waals surface area contributed by atoms with Crippen LogP contribution < -0.4 is 9.62 Å². The SMILES string of the molecule is CN(C)S(=O)(=O)N(CC(=O)N(Cc1ccc(Cl)cc1)[C@@H](Cc1ccccc1)C(=O)NC1CCCCC1)c1ccccc1. The summed E-state index contributed by atoms with van der Waals surface area (Å²) in [5, 5.41) is 3.76. The smallest absolute Gasteiger partial charge is 0.304 e. The molecule has 1 fully saturated rings. The topological polar surface area (TPSA) is 90.0 Å². The molecule has 3 aromatic rings. The summed E-state index contributed by atoms with van der Waals surface area (Å²) in [7, 11) is -1.17. The van der Waals surface area contributed by atoms with Crippen molar-refractivity contribution in [1.29, 1.82) is 0 Å². The number of para-hydroxylation sites is 1. The number of nitrogens with zero attached hydrogens (tertiary/aromatic N) is 3. The zero-order valence-corrected chi connectivity index (χ0v) is 25.7. The number of benzene rings is 3. The van der Waals surface area contributed by atoms with Gasteiger partial charge in [-0.25, -0.2) is 4.31 Å². The van der Waals surface area contributed by atoms with Crippen LogP contribution in [0.15, 0.2) is 84.9 Å². The monoisotopic (exact) mass is 610 g/mol. The molecule has 0 heterocycles. The van der Waals surface area contributed by atoms with Crippen molar-refractivity contribution in [2.45, 2.75) is 57.2 Å². The molecule has 1 aliphatic carbocycles. The molecule has 1 atom stereocenters. The summed E-state index contributed by atoms with van der Waals surface area (Å²) >= 11 is 6.13. The van der Waals surface area contributed by atoms with E-state index < -0.39 is 28.7 Å². The van der Waals surface area contributed by atoms with Crippen molar-refractivity contribution in [2.24, 2.45) is 0 Å². The molecule has 3 aromatic carbocycles. The normalized spacial score (nSPS) is 14.8. The second kappa shape index (κ2) is 14.7. The highest BCUT2D eigenvalue weighted by Gasteiger charge is 2.35. The zero-order chi connectivity index (χ0) is 30.1. The lowest BCUT2D eigenvalue weighted by molar-refractivity contribution is -0.140. The van der Waals surface area contributed by atoms with Gasteiger partial charge < -0.3 is 10.2 Å². The first-order valence-electron chi connectivity index (χ1n) is 14.3. The summed E-state index contributed by atoms with van der Waals surface area (Å²) in [6, 6.07) is 24.4. The van der Waals surface area contributed by atoms with Crippen molar-refractivity contribution in [3.63, 3.8) is 0 Å². The maximum Gasteiger partial charge on any atom is 0.304 e. The summed E-state index contributed by atoms with van der Waals surface area (Å²) in [5.41, 5.74) is 2.03. The number of carbonyl (C=O) groups excluding carboxylic acids is 2. The molecule has 1 saturated carbocycles. The molecule has 2 amide bonds. The highest BCUT2D eigenvalue weighted by Crippen LogP contribution is 2.23. The van der Waals surface area contributed by atoms with E-state index in [-0.39, 0.29) is 24.9 Å². The molecule has 1 N–H and O–H groups in total. The Balaban J connectivity index is 1.73. The van der Waals surface area contributed by atoms with Gasteiger partial charge in [0, 0.05) is 38.1 Å². The number of hydrogen-bond donors (Lipinski definition) is 1. The van der Waals surface area contributed by atoms with Crippen molar-refractivity contribution in [1.82, 2.24) is 14.5 Å². The Morgan fingerprint density at radius 2 is 1.45 bits per heavy atom. The fraction of sp³-hybridized carbons (Fsp3) is 0.375. The van der Waals surface area contributed by atoms with Gasteiger partial charge in [-0.2, -0.15) is 12.7 Å². The number of hydrogen-bond acceptors (Lipinski definition) is 4.